The molecule has 5 nitrogen and oxygen atoms in total. The van der Waals surface area contributed by atoms with Crippen molar-refractivity contribution in [2.24, 2.45) is 0 Å². The fourth-order valence-electron chi connectivity index (χ4n) is 0.666. The fraction of sp³-hybridized carbons (Fsp3) is 0.571. The lowest BCUT2D eigenvalue weighted by atomic mass is 10.4. The topological polar surface area (TPSA) is 87.0 Å². The lowest BCUT2D eigenvalue weighted by Gasteiger charge is -2.20. The number of hydrogen-bond donors (Lipinski definition) is 3. The smallest absolute Gasteiger partial charge is 0.454 e. The Kier molecular flexibility index (Phi) is 4.28. The first kappa shape index (κ1) is 12.3. The van der Waals surface area contributed by atoms with Gasteiger partial charge in [-0.3, -0.25) is 0 Å². The van der Waals surface area contributed by atoms with E-state index in [1.54, 1.807) is 6.92 Å². The highest BCUT2D eigenvalue weighted by Gasteiger charge is 2.41. The molecule has 0 aliphatic heterocycles. The monoisotopic (exact) mass is 206 g/mol. The number of esters is 1. The first-order valence-corrected chi connectivity index (χ1v) is 5.74. The van der Waals surface area contributed by atoms with Gasteiger partial charge in [-0.1, -0.05) is 13.5 Å². The zero-order valence-electron chi connectivity index (χ0n) is 7.65. The van der Waals surface area contributed by atoms with Crippen molar-refractivity contribution in [2.45, 2.75) is 26.0 Å². The summed E-state index contributed by atoms with van der Waals surface area (Å²) in [6, 6.07) is 0. The number of ether oxygens (including phenoxy) is 1. The van der Waals surface area contributed by atoms with Gasteiger partial charge in [-0.05, 0) is 13.3 Å². The number of hydrogen-bond acceptors (Lipinski definition) is 5. The van der Waals surface area contributed by atoms with Crippen LogP contribution in [0.2, 0.25) is 0 Å². The molecule has 0 heterocycles. The second kappa shape index (κ2) is 4.52. The average Bonchev–Trinajstić information content (AvgIpc) is 1.96. The largest absolute Gasteiger partial charge is 0.535 e. The summed E-state index contributed by atoms with van der Waals surface area (Å²) < 4.78 is 4.60. The van der Waals surface area contributed by atoms with Crippen LogP contribution in [0.25, 0.3) is 0 Å². The van der Waals surface area contributed by atoms with Gasteiger partial charge in [0.2, 0.25) is 0 Å². The maximum absolute atomic E-state index is 10.9. The Morgan fingerprint density at radius 1 is 1.54 bits per heavy atom. The summed E-state index contributed by atoms with van der Waals surface area (Å²) in [5.74, 6) is -0.735. The molecular weight excluding hydrogens is 192 g/mol. The molecule has 1 unspecified atom stereocenters. The lowest BCUT2D eigenvalue weighted by Crippen LogP contribution is -2.50. The summed E-state index contributed by atoms with van der Waals surface area (Å²) >= 11 is 0. The lowest BCUT2D eigenvalue weighted by molar-refractivity contribution is -0.143. The second-order valence-corrected chi connectivity index (χ2v) is 4.79. The molecule has 0 spiro atoms. The summed E-state index contributed by atoms with van der Waals surface area (Å²) in [6.07, 6.45) is 0.148. The van der Waals surface area contributed by atoms with E-state index < -0.39 is 20.5 Å². The minimum Gasteiger partial charge on any atom is -0.454 e. The quantitative estimate of drug-likeness (QED) is 0.323. The van der Waals surface area contributed by atoms with Gasteiger partial charge in [0.1, 0.15) is 0 Å². The Labute approximate surface area is 77.6 Å². The van der Waals surface area contributed by atoms with Crippen molar-refractivity contribution in [3.63, 3.8) is 0 Å². The van der Waals surface area contributed by atoms with Crippen molar-refractivity contribution in [2.75, 3.05) is 0 Å². The van der Waals surface area contributed by atoms with Crippen molar-refractivity contribution in [3.8, 4) is 0 Å². The first-order chi connectivity index (χ1) is 5.79. The van der Waals surface area contributed by atoms with Crippen LogP contribution in [-0.4, -0.2) is 34.9 Å². The van der Waals surface area contributed by atoms with E-state index in [0.29, 0.717) is 0 Å². The summed E-state index contributed by atoms with van der Waals surface area (Å²) in [4.78, 5) is 37.5. The summed E-state index contributed by atoms with van der Waals surface area (Å²) in [5.41, 5.74) is -1.08. The van der Waals surface area contributed by atoms with Crippen LogP contribution in [0, 0.1) is 0 Å². The van der Waals surface area contributed by atoms with E-state index in [0.717, 1.165) is 0 Å². The zero-order valence-corrected chi connectivity index (χ0v) is 8.65. The fourth-order valence-corrected chi connectivity index (χ4v) is 1.48. The van der Waals surface area contributed by atoms with Gasteiger partial charge in [-0.2, -0.15) is 0 Å². The van der Waals surface area contributed by atoms with Gasteiger partial charge >= 0.3 is 14.8 Å². The predicted molar refractivity (Wildman–Crippen MR) is 47.4 cm³/mol. The van der Waals surface area contributed by atoms with Crippen molar-refractivity contribution < 1.29 is 23.9 Å². The van der Waals surface area contributed by atoms with E-state index in [2.05, 4.69) is 11.3 Å². The van der Waals surface area contributed by atoms with Gasteiger partial charge in [0.05, 0.1) is 0 Å². The predicted octanol–water partition coefficient (Wildman–Crippen LogP) is -0.661. The molecule has 0 fully saturated rings. The molecule has 76 valence electrons. The van der Waals surface area contributed by atoms with Gasteiger partial charge in [-0.25, -0.2) is 4.79 Å². The summed E-state index contributed by atoms with van der Waals surface area (Å²) in [6.45, 7) is 6.33. The highest BCUT2D eigenvalue weighted by molar-refractivity contribution is 6.57. The Balaban J connectivity index is 4.31. The third-order valence-corrected chi connectivity index (χ3v) is 2.79. The standard InChI is InChI=1S/C7H14O5Si/c1-4-6(13(9,10)11)12-7(8)5(2)3/h6,9-11H,2,4H2,1,3H3. The van der Waals surface area contributed by atoms with Crippen molar-refractivity contribution in [1.82, 2.24) is 0 Å². The van der Waals surface area contributed by atoms with Crippen LogP contribution in [0.3, 0.4) is 0 Å². The first-order valence-electron chi connectivity index (χ1n) is 3.82. The summed E-state index contributed by atoms with van der Waals surface area (Å²) in [5, 5.41) is 0. The molecule has 1 atom stereocenters. The molecule has 0 bridgehead atoms. The maximum Gasteiger partial charge on any atom is 0.535 e. The second-order valence-electron chi connectivity index (χ2n) is 2.77. The molecule has 0 amide bonds. The molecule has 13 heavy (non-hydrogen) atoms. The normalized spacial score (nSPS) is 13.6. The molecule has 6 heteroatoms. The van der Waals surface area contributed by atoms with Gasteiger partial charge in [0.25, 0.3) is 0 Å². The zero-order chi connectivity index (χ0) is 10.6. The number of carbonyl (C=O) groups is 1. The van der Waals surface area contributed by atoms with Crippen LogP contribution in [0.4, 0.5) is 0 Å². The molecule has 0 aliphatic carbocycles. The van der Waals surface area contributed by atoms with Crippen molar-refractivity contribution >= 4 is 14.8 Å². The highest BCUT2D eigenvalue weighted by atomic mass is 28.4. The summed E-state index contributed by atoms with van der Waals surface area (Å²) in [7, 11) is -4.38. The number of rotatable bonds is 4. The molecule has 0 aromatic rings. The molecule has 0 aromatic carbocycles. The van der Waals surface area contributed by atoms with E-state index in [1.807, 2.05) is 0 Å². The maximum atomic E-state index is 10.9. The van der Waals surface area contributed by atoms with Crippen molar-refractivity contribution in [3.05, 3.63) is 12.2 Å². The Hall–Kier alpha value is -0.693. The van der Waals surface area contributed by atoms with E-state index in [9.17, 15) is 4.79 Å². The molecule has 0 aliphatic rings. The van der Waals surface area contributed by atoms with E-state index in [-0.39, 0.29) is 12.0 Å². The molecule has 3 N–H and O–H groups in total. The Bertz CT molecular complexity index is 207. The van der Waals surface area contributed by atoms with Crippen LogP contribution in [-0.2, 0) is 9.53 Å². The minimum atomic E-state index is -4.38. The Morgan fingerprint density at radius 3 is 2.23 bits per heavy atom. The van der Waals surface area contributed by atoms with E-state index >= 15 is 0 Å². The van der Waals surface area contributed by atoms with E-state index in [4.69, 9.17) is 14.4 Å². The Morgan fingerprint density at radius 2 is 2.00 bits per heavy atom. The third-order valence-electron chi connectivity index (χ3n) is 1.40. The average molecular weight is 206 g/mol. The van der Waals surface area contributed by atoms with Gasteiger partial charge in [0.15, 0.2) is 5.73 Å². The molecule has 0 saturated heterocycles. The third kappa shape index (κ3) is 4.18. The van der Waals surface area contributed by atoms with Crippen LogP contribution in [0.1, 0.15) is 20.3 Å². The molecule has 0 aromatic heterocycles. The van der Waals surface area contributed by atoms with Crippen LogP contribution in [0.15, 0.2) is 12.2 Å². The van der Waals surface area contributed by atoms with Crippen LogP contribution < -0.4 is 0 Å². The molecular formula is C7H14O5Si. The molecule has 0 radical (unpaired) electrons. The highest BCUT2D eigenvalue weighted by Crippen LogP contribution is 2.09. The van der Waals surface area contributed by atoms with Gasteiger partial charge in [-0.15, -0.1) is 0 Å². The van der Waals surface area contributed by atoms with Gasteiger partial charge < -0.3 is 19.1 Å². The molecule has 0 rings (SSSR count). The van der Waals surface area contributed by atoms with Gasteiger partial charge in [0, 0.05) is 5.57 Å². The number of carbonyl (C=O) groups excluding carboxylic acids is 1. The van der Waals surface area contributed by atoms with E-state index in [1.165, 1.54) is 6.92 Å². The van der Waals surface area contributed by atoms with Crippen LogP contribution >= 0.6 is 0 Å². The SMILES string of the molecule is C=C(C)C(=O)OC(CC)[Si](O)(O)O. The molecule has 0 saturated carbocycles. The van der Waals surface area contributed by atoms with Crippen molar-refractivity contribution in [1.29, 1.82) is 0 Å². The minimum absolute atomic E-state index is 0.148. The van der Waals surface area contributed by atoms with Crippen LogP contribution in [0.5, 0.6) is 0 Å².